The lowest BCUT2D eigenvalue weighted by molar-refractivity contribution is -0.120. The molecule has 0 atom stereocenters. The molecule has 1 aliphatic heterocycles. The van der Waals surface area contributed by atoms with Gasteiger partial charge in [-0.2, -0.15) is 4.98 Å². The van der Waals surface area contributed by atoms with Crippen LogP contribution in [-0.4, -0.2) is 35.5 Å². The van der Waals surface area contributed by atoms with E-state index in [9.17, 15) is 4.79 Å². The third-order valence-electron chi connectivity index (χ3n) is 2.41. The van der Waals surface area contributed by atoms with Gasteiger partial charge in [0.05, 0.1) is 6.54 Å². The van der Waals surface area contributed by atoms with Crippen molar-refractivity contribution in [2.45, 2.75) is 6.92 Å². The second-order valence-electron chi connectivity index (χ2n) is 3.62. The molecule has 0 aliphatic carbocycles. The number of nitrogens with one attached hydrogen (secondary N) is 2. The molecule has 1 aliphatic rings. The standard InChI is InChI=1S/C9H14N6O/c1-6-4-12-9(14-10)13-8(6)15-3-2-11-7(16)5-15/h4H,2-3,5,10H2,1H3,(H,11,16)(H,12,13,14). The first-order chi connectivity index (χ1) is 7.70. The van der Waals surface area contributed by atoms with Crippen LogP contribution in [0.3, 0.4) is 0 Å². The Balaban J connectivity index is 2.27. The third kappa shape index (κ3) is 2.03. The van der Waals surface area contributed by atoms with E-state index in [4.69, 9.17) is 5.84 Å². The average molecular weight is 222 g/mol. The zero-order valence-corrected chi connectivity index (χ0v) is 9.03. The fourth-order valence-corrected chi connectivity index (χ4v) is 1.64. The smallest absolute Gasteiger partial charge is 0.239 e. The number of hydrazine groups is 1. The number of rotatable bonds is 2. The number of nitrogen functional groups attached to an aromatic ring is 1. The van der Waals surface area contributed by atoms with Crippen molar-refractivity contribution in [3.8, 4) is 0 Å². The monoisotopic (exact) mass is 222 g/mol. The predicted molar refractivity (Wildman–Crippen MR) is 59.8 cm³/mol. The summed E-state index contributed by atoms with van der Waals surface area (Å²) in [6.45, 7) is 3.60. The SMILES string of the molecule is Cc1cnc(NN)nc1N1CCNC(=O)C1. The van der Waals surface area contributed by atoms with Crippen LogP contribution < -0.4 is 21.5 Å². The van der Waals surface area contributed by atoms with Gasteiger partial charge in [-0.25, -0.2) is 10.8 Å². The van der Waals surface area contributed by atoms with Gasteiger partial charge in [0.1, 0.15) is 5.82 Å². The Bertz CT molecular complexity index is 407. The van der Waals surface area contributed by atoms with Crippen molar-refractivity contribution < 1.29 is 4.79 Å². The highest BCUT2D eigenvalue weighted by Crippen LogP contribution is 2.17. The van der Waals surface area contributed by atoms with Crippen LogP contribution in [0.1, 0.15) is 5.56 Å². The largest absolute Gasteiger partial charge is 0.353 e. The van der Waals surface area contributed by atoms with Crippen LogP contribution in [0.4, 0.5) is 11.8 Å². The second-order valence-corrected chi connectivity index (χ2v) is 3.62. The summed E-state index contributed by atoms with van der Waals surface area (Å²) in [4.78, 5) is 21.4. The molecule has 2 heterocycles. The predicted octanol–water partition coefficient (Wildman–Crippen LogP) is -0.993. The van der Waals surface area contributed by atoms with Crippen molar-refractivity contribution in [1.82, 2.24) is 15.3 Å². The fourth-order valence-electron chi connectivity index (χ4n) is 1.64. The molecule has 2 rings (SSSR count). The lowest BCUT2D eigenvalue weighted by Gasteiger charge is -2.28. The van der Waals surface area contributed by atoms with E-state index in [-0.39, 0.29) is 5.91 Å². The first-order valence-electron chi connectivity index (χ1n) is 5.02. The van der Waals surface area contributed by atoms with E-state index in [0.29, 0.717) is 19.0 Å². The molecule has 4 N–H and O–H groups in total. The zero-order valence-electron chi connectivity index (χ0n) is 9.03. The van der Waals surface area contributed by atoms with Gasteiger partial charge in [0.15, 0.2) is 0 Å². The van der Waals surface area contributed by atoms with Crippen LogP contribution in [-0.2, 0) is 4.79 Å². The normalized spacial score (nSPS) is 15.9. The topological polar surface area (TPSA) is 96.2 Å². The number of hydrogen-bond acceptors (Lipinski definition) is 6. The number of anilines is 2. The van der Waals surface area contributed by atoms with Crippen molar-refractivity contribution >= 4 is 17.7 Å². The fraction of sp³-hybridized carbons (Fsp3) is 0.444. The number of carbonyl (C=O) groups excluding carboxylic acids is 1. The van der Waals surface area contributed by atoms with Crippen LogP contribution in [0.2, 0.25) is 0 Å². The van der Waals surface area contributed by atoms with Crippen LogP contribution in [0.15, 0.2) is 6.20 Å². The number of amides is 1. The minimum absolute atomic E-state index is 0.00604. The van der Waals surface area contributed by atoms with Crippen molar-refractivity contribution in [1.29, 1.82) is 0 Å². The lowest BCUT2D eigenvalue weighted by Crippen LogP contribution is -2.48. The summed E-state index contributed by atoms with van der Waals surface area (Å²) in [7, 11) is 0. The summed E-state index contributed by atoms with van der Waals surface area (Å²) in [5.74, 6) is 6.36. The number of carbonyl (C=O) groups is 1. The Morgan fingerprint density at radius 2 is 2.44 bits per heavy atom. The van der Waals surface area contributed by atoms with Gasteiger partial charge in [-0.05, 0) is 6.92 Å². The summed E-state index contributed by atoms with van der Waals surface area (Å²) in [5.41, 5.74) is 3.32. The van der Waals surface area contributed by atoms with Gasteiger partial charge in [-0.15, -0.1) is 0 Å². The minimum atomic E-state index is 0.00604. The van der Waals surface area contributed by atoms with E-state index < -0.39 is 0 Å². The summed E-state index contributed by atoms with van der Waals surface area (Å²) < 4.78 is 0. The van der Waals surface area contributed by atoms with Gasteiger partial charge in [0.25, 0.3) is 0 Å². The van der Waals surface area contributed by atoms with Gasteiger partial charge < -0.3 is 10.2 Å². The number of aryl methyl sites for hydroxylation is 1. The Morgan fingerprint density at radius 1 is 1.62 bits per heavy atom. The molecule has 1 aromatic heterocycles. The van der Waals surface area contributed by atoms with Gasteiger partial charge >= 0.3 is 0 Å². The average Bonchev–Trinajstić information content (AvgIpc) is 2.30. The molecule has 1 fully saturated rings. The van der Waals surface area contributed by atoms with Gasteiger partial charge in [-0.3, -0.25) is 10.2 Å². The van der Waals surface area contributed by atoms with Crippen LogP contribution in [0, 0.1) is 6.92 Å². The molecular weight excluding hydrogens is 208 g/mol. The molecular formula is C9H14N6O. The molecule has 1 amide bonds. The molecule has 16 heavy (non-hydrogen) atoms. The van der Waals surface area contributed by atoms with Crippen LogP contribution in [0.5, 0.6) is 0 Å². The summed E-state index contributed by atoms with van der Waals surface area (Å²) >= 11 is 0. The van der Waals surface area contributed by atoms with Crippen molar-refractivity contribution in [2.24, 2.45) is 5.84 Å². The summed E-state index contributed by atoms with van der Waals surface area (Å²) in [5, 5.41) is 2.77. The Morgan fingerprint density at radius 3 is 3.12 bits per heavy atom. The molecule has 0 aromatic carbocycles. The van der Waals surface area contributed by atoms with E-state index in [1.54, 1.807) is 6.20 Å². The number of nitrogens with zero attached hydrogens (tertiary/aromatic N) is 3. The van der Waals surface area contributed by atoms with Crippen molar-refractivity contribution in [3.63, 3.8) is 0 Å². The molecule has 0 radical (unpaired) electrons. The van der Waals surface area contributed by atoms with Crippen LogP contribution >= 0.6 is 0 Å². The maximum atomic E-state index is 11.3. The lowest BCUT2D eigenvalue weighted by atomic mass is 10.3. The molecule has 0 unspecified atom stereocenters. The van der Waals surface area contributed by atoms with Crippen LogP contribution in [0.25, 0.3) is 0 Å². The highest BCUT2D eigenvalue weighted by molar-refractivity contribution is 5.82. The zero-order chi connectivity index (χ0) is 11.5. The third-order valence-corrected chi connectivity index (χ3v) is 2.41. The van der Waals surface area contributed by atoms with Gasteiger partial charge in [0.2, 0.25) is 11.9 Å². The van der Waals surface area contributed by atoms with E-state index >= 15 is 0 Å². The highest BCUT2D eigenvalue weighted by atomic mass is 16.2. The maximum absolute atomic E-state index is 11.3. The molecule has 86 valence electrons. The Kier molecular flexibility index (Phi) is 2.86. The minimum Gasteiger partial charge on any atom is -0.353 e. The highest BCUT2D eigenvalue weighted by Gasteiger charge is 2.19. The first kappa shape index (κ1) is 10.6. The molecule has 0 spiro atoms. The molecule has 0 saturated carbocycles. The molecule has 7 heteroatoms. The maximum Gasteiger partial charge on any atom is 0.239 e. The van der Waals surface area contributed by atoms with E-state index in [0.717, 1.165) is 17.9 Å². The van der Waals surface area contributed by atoms with E-state index in [1.165, 1.54) is 0 Å². The molecule has 0 bridgehead atoms. The summed E-state index contributed by atoms with van der Waals surface area (Å²) in [6.07, 6.45) is 1.68. The number of nitrogens with two attached hydrogens (primary N) is 1. The second kappa shape index (κ2) is 4.31. The Labute approximate surface area is 93.0 Å². The van der Waals surface area contributed by atoms with Crippen molar-refractivity contribution in [2.75, 3.05) is 30.0 Å². The number of aromatic nitrogens is 2. The quantitative estimate of drug-likeness (QED) is 0.439. The summed E-state index contributed by atoms with van der Waals surface area (Å²) in [6, 6.07) is 0. The first-order valence-corrected chi connectivity index (χ1v) is 5.02. The molecule has 1 aromatic rings. The van der Waals surface area contributed by atoms with E-state index in [2.05, 4.69) is 20.7 Å². The van der Waals surface area contributed by atoms with Gasteiger partial charge in [0, 0.05) is 24.8 Å². The van der Waals surface area contributed by atoms with Gasteiger partial charge in [-0.1, -0.05) is 0 Å². The van der Waals surface area contributed by atoms with E-state index in [1.807, 2.05) is 11.8 Å². The van der Waals surface area contributed by atoms with Crippen molar-refractivity contribution in [3.05, 3.63) is 11.8 Å². The molecule has 1 saturated heterocycles. The molecule has 7 nitrogen and oxygen atoms in total. The Hall–Kier alpha value is -1.89. The number of piperazine rings is 1. The number of hydrogen-bond donors (Lipinski definition) is 3.